The van der Waals surface area contributed by atoms with Crippen molar-refractivity contribution in [2.75, 3.05) is 31.6 Å². The molecule has 2 heterocycles. The molecule has 2 aliphatic rings. The van der Waals surface area contributed by atoms with Crippen LogP contribution < -0.4 is 5.32 Å². The molecule has 1 aromatic carbocycles. The molecule has 3 rings (SSSR count). The summed E-state index contributed by atoms with van der Waals surface area (Å²) in [5.41, 5.74) is 1.38. The number of aldehydes is 1. The van der Waals surface area contributed by atoms with Gasteiger partial charge in [0.25, 0.3) is 12.3 Å². The summed E-state index contributed by atoms with van der Waals surface area (Å²) in [4.78, 5) is 25.7. The third-order valence-electron chi connectivity index (χ3n) is 5.74. The van der Waals surface area contributed by atoms with Crippen LogP contribution in [0.4, 0.5) is 14.5 Å². The average Bonchev–Trinajstić information content (AvgIpc) is 2.73. The number of carbonyl (C=O) groups is 2. The van der Waals surface area contributed by atoms with E-state index in [0.29, 0.717) is 36.4 Å². The topological polar surface area (TPSA) is 58.6 Å². The summed E-state index contributed by atoms with van der Waals surface area (Å²) in [6.07, 6.45) is 2.40. The van der Waals surface area contributed by atoms with Gasteiger partial charge in [0.05, 0.1) is 5.57 Å². The fraction of sp³-hybridized carbons (Fsp3) is 0.391. The zero-order valence-corrected chi connectivity index (χ0v) is 17.0. The number of halogens is 2. The Bertz CT molecular complexity index is 861. The minimum atomic E-state index is -2.70. The Hall–Kier alpha value is -2.80. The largest absolute Gasteiger partial charge is 0.381 e. The van der Waals surface area contributed by atoms with Crippen molar-refractivity contribution >= 4 is 17.9 Å². The molecule has 0 aromatic heterocycles. The maximum Gasteiger partial charge on any atom is 0.263 e. The molecule has 5 nitrogen and oxygen atoms in total. The lowest BCUT2D eigenvalue weighted by molar-refractivity contribution is -0.113. The molecule has 7 heteroatoms. The third kappa shape index (κ3) is 4.84. The van der Waals surface area contributed by atoms with Crippen LogP contribution in [-0.4, -0.2) is 49.8 Å². The molecule has 160 valence electrons. The zero-order valence-electron chi connectivity index (χ0n) is 17.0. The molecule has 30 heavy (non-hydrogen) atoms. The summed E-state index contributed by atoms with van der Waals surface area (Å²) in [6.45, 7) is 8.44. The Morgan fingerprint density at radius 1 is 1.23 bits per heavy atom. The molecular formula is C23H26F2N2O3. The number of hydrogen-bond donors (Lipinski definition) is 1. The van der Waals surface area contributed by atoms with E-state index in [-0.39, 0.29) is 16.6 Å². The average molecular weight is 416 g/mol. The van der Waals surface area contributed by atoms with Crippen LogP contribution in [0.3, 0.4) is 0 Å². The first-order valence-electron chi connectivity index (χ1n) is 9.92. The number of benzene rings is 1. The Morgan fingerprint density at radius 3 is 2.40 bits per heavy atom. The maximum absolute atomic E-state index is 13.3. The van der Waals surface area contributed by atoms with Crippen LogP contribution in [0, 0.1) is 5.41 Å². The molecule has 2 fully saturated rings. The number of ether oxygens (including phenoxy) is 1. The van der Waals surface area contributed by atoms with Gasteiger partial charge in [0.15, 0.2) is 0 Å². The van der Waals surface area contributed by atoms with Crippen LogP contribution in [0.2, 0.25) is 0 Å². The summed E-state index contributed by atoms with van der Waals surface area (Å²) in [7, 11) is 0. The predicted octanol–water partition coefficient (Wildman–Crippen LogP) is 4.20. The molecular weight excluding hydrogens is 390 g/mol. The van der Waals surface area contributed by atoms with Gasteiger partial charge >= 0.3 is 0 Å². The van der Waals surface area contributed by atoms with E-state index in [1.165, 1.54) is 19.1 Å². The SMILES string of the molecule is C=C(/C(=C\C(=C/C)C(F)F)C(=O)Nc1ccc(C=O)cc1)N1CC2(CCOCC2)C1. The normalized spacial score (nSPS) is 18.9. The summed E-state index contributed by atoms with van der Waals surface area (Å²) < 4.78 is 32.1. The van der Waals surface area contributed by atoms with Gasteiger partial charge in [0.1, 0.15) is 6.29 Å². The van der Waals surface area contributed by atoms with E-state index in [4.69, 9.17) is 4.74 Å². The third-order valence-corrected chi connectivity index (χ3v) is 5.74. The minimum absolute atomic E-state index is 0.102. The molecule has 1 N–H and O–H groups in total. The van der Waals surface area contributed by atoms with E-state index in [1.807, 2.05) is 4.90 Å². The van der Waals surface area contributed by atoms with Gasteiger partial charge in [-0.05, 0) is 50.1 Å². The van der Waals surface area contributed by atoms with Gasteiger partial charge in [-0.1, -0.05) is 12.7 Å². The Morgan fingerprint density at radius 2 is 1.87 bits per heavy atom. The summed E-state index contributed by atoms with van der Waals surface area (Å²) in [5.74, 6) is -0.521. The van der Waals surface area contributed by atoms with Gasteiger partial charge in [-0.2, -0.15) is 0 Å². The first kappa shape index (κ1) is 21.9. The van der Waals surface area contributed by atoms with E-state index in [9.17, 15) is 18.4 Å². The molecule has 2 saturated heterocycles. The van der Waals surface area contributed by atoms with Crippen molar-refractivity contribution in [3.63, 3.8) is 0 Å². The quantitative estimate of drug-likeness (QED) is 0.411. The van der Waals surface area contributed by atoms with Crippen molar-refractivity contribution in [2.45, 2.75) is 26.2 Å². The van der Waals surface area contributed by atoms with Gasteiger partial charge < -0.3 is 15.0 Å². The van der Waals surface area contributed by atoms with E-state index in [0.717, 1.165) is 25.9 Å². The van der Waals surface area contributed by atoms with Crippen LogP contribution >= 0.6 is 0 Å². The van der Waals surface area contributed by atoms with Crippen molar-refractivity contribution in [1.82, 2.24) is 4.90 Å². The Labute approximate surface area is 175 Å². The number of allylic oxidation sites excluding steroid dienone is 3. The predicted molar refractivity (Wildman–Crippen MR) is 112 cm³/mol. The van der Waals surface area contributed by atoms with Crippen LogP contribution in [0.5, 0.6) is 0 Å². The fourth-order valence-corrected chi connectivity index (χ4v) is 3.81. The lowest BCUT2D eigenvalue weighted by Gasteiger charge is -2.54. The molecule has 2 aliphatic heterocycles. The van der Waals surface area contributed by atoms with Crippen LogP contribution in [0.25, 0.3) is 0 Å². The van der Waals surface area contributed by atoms with E-state index >= 15 is 0 Å². The highest BCUT2D eigenvalue weighted by Gasteiger charge is 2.45. The van der Waals surface area contributed by atoms with E-state index < -0.39 is 12.3 Å². The van der Waals surface area contributed by atoms with Gasteiger partial charge in [0, 0.05) is 54.2 Å². The first-order chi connectivity index (χ1) is 14.4. The second-order valence-corrected chi connectivity index (χ2v) is 7.76. The molecule has 0 radical (unpaired) electrons. The first-order valence-corrected chi connectivity index (χ1v) is 9.92. The van der Waals surface area contributed by atoms with Gasteiger partial charge in [0.2, 0.25) is 0 Å². The molecule has 0 unspecified atom stereocenters. The fourth-order valence-electron chi connectivity index (χ4n) is 3.81. The van der Waals surface area contributed by atoms with E-state index in [1.54, 1.807) is 24.3 Å². The second kappa shape index (κ2) is 9.34. The van der Waals surface area contributed by atoms with Crippen LogP contribution in [0.15, 0.2) is 59.8 Å². The summed E-state index contributed by atoms with van der Waals surface area (Å²) in [5, 5.41) is 2.71. The Kier molecular flexibility index (Phi) is 6.82. The minimum Gasteiger partial charge on any atom is -0.381 e. The number of nitrogens with zero attached hydrogens (tertiary/aromatic N) is 1. The number of rotatable bonds is 7. The van der Waals surface area contributed by atoms with Crippen molar-refractivity contribution in [3.8, 4) is 0 Å². The number of hydrogen-bond acceptors (Lipinski definition) is 4. The zero-order chi connectivity index (χ0) is 21.7. The van der Waals surface area contributed by atoms with Gasteiger partial charge in [-0.15, -0.1) is 0 Å². The Balaban J connectivity index is 1.79. The molecule has 1 aromatic rings. The van der Waals surface area contributed by atoms with Crippen molar-refractivity contribution in [2.24, 2.45) is 5.41 Å². The lowest BCUT2D eigenvalue weighted by atomic mass is 9.73. The van der Waals surface area contributed by atoms with Crippen LogP contribution in [-0.2, 0) is 9.53 Å². The van der Waals surface area contributed by atoms with Crippen LogP contribution in [0.1, 0.15) is 30.1 Å². The smallest absolute Gasteiger partial charge is 0.263 e. The highest BCUT2D eigenvalue weighted by atomic mass is 19.3. The van der Waals surface area contributed by atoms with Crippen molar-refractivity contribution < 1.29 is 23.1 Å². The molecule has 1 spiro atoms. The monoisotopic (exact) mass is 416 g/mol. The number of alkyl halides is 2. The number of likely N-dealkylation sites (tertiary alicyclic amines) is 1. The standard InChI is InChI=1S/C23H26F2N2O3/c1-3-18(21(24)25)12-20(22(29)26-19-6-4-17(13-28)5-7-19)16(2)27-14-23(15-27)8-10-30-11-9-23/h3-7,12-13,21H,2,8-11,14-15H2,1H3,(H,26,29)/b18-3+,20-12+. The van der Waals surface area contributed by atoms with E-state index in [2.05, 4.69) is 11.9 Å². The molecule has 0 atom stereocenters. The molecule has 0 bridgehead atoms. The van der Waals surface area contributed by atoms with Crippen molar-refractivity contribution in [1.29, 1.82) is 0 Å². The number of nitrogens with one attached hydrogen (secondary N) is 1. The number of amides is 1. The highest BCUT2D eigenvalue weighted by molar-refractivity contribution is 6.07. The second-order valence-electron chi connectivity index (χ2n) is 7.76. The summed E-state index contributed by atoms with van der Waals surface area (Å²) >= 11 is 0. The number of carbonyl (C=O) groups excluding carboxylic acids is 2. The lowest BCUT2D eigenvalue weighted by Crippen LogP contribution is -2.58. The summed E-state index contributed by atoms with van der Waals surface area (Å²) in [6, 6.07) is 6.32. The highest BCUT2D eigenvalue weighted by Crippen LogP contribution is 2.42. The molecule has 1 amide bonds. The van der Waals surface area contributed by atoms with Crippen molar-refractivity contribution in [3.05, 3.63) is 65.4 Å². The maximum atomic E-state index is 13.3. The molecule has 0 saturated carbocycles. The molecule has 0 aliphatic carbocycles. The number of anilines is 1. The van der Waals surface area contributed by atoms with Gasteiger partial charge in [-0.3, -0.25) is 9.59 Å². The van der Waals surface area contributed by atoms with Gasteiger partial charge in [-0.25, -0.2) is 8.78 Å².